The Hall–Kier alpha value is -2.90. The summed E-state index contributed by atoms with van der Waals surface area (Å²) in [6.45, 7) is 1.70. The van der Waals surface area contributed by atoms with E-state index in [1.165, 1.54) is 0 Å². The van der Waals surface area contributed by atoms with E-state index in [2.05, 4.69) is 20.6 Å². The highest BCUT2D eigenvalue weighted by Gasteiger charge is 2.13. The molecule has 0 unspecified atom stereocenters. The van der Waals surface area contributed by atoms with E-state index in [1.807, 2.05) is 38.4 Å². The number of pyridine rings is 1. The topological polar surface area (TPSA) is 97.3 Å². The van der Waals surface area contributed by atoms with Crippen LogP contribution in [0.1, 0.15) is 18.4 Å². The number of rotatable bonds is 8. The van der Waals surface area contributed by atoms with E-state index in [4.69, 9.17) is 11.5 Å². The second kappa shape index (κ2) is 9.54. The number of fused-ring (bicyclic) bond motifs is 1. The van der Waals surface area contributed by atoms with Crippen LogP contribution in [0.25, 0.3) is 27.3 Å². The molecule has 0 saturated carbocycles. The number of anilines is 2. The number of aromatic nitrogens is 1. The first-order chi connectivity index (χ1) is 14.0. The zero-order valence-corrected chi connectivity index (χ0v) is 17.6. The number of nitrogens with one attached hydrogen (secondary N) is 1. The van der Waals surface area contributed by atoms with E-state index in [9.17, 15) is 4.79 Å². The Kier molecular flexibility index (Phi) is 6.85. The van der Waals surface area contributed by atoms with Crippen LogP contribution in [0.3, 0.4) is 0 Å². The van der Waals surface area contributed by atoms with Crippen LogP contribution in [0, 0.1) is 0 Å². The van der Waals surface area contributed by atoms with Gasteiger partial charge in [0.25, 0.3) is 0 Å². The molecule has 0 saturated heterocycles. The lowest BCUT2D eigenvalue weighted by Gasteiger charge is -2.08. The van der Waals surface area contributed by atoms with Crippen LogP contribution in [0.15, 0.2) is 41.9 Å². The van der Waals surface area contributed by atoms with Gasteiger partial charge in [-0.15, -0.1) is 11.3 Å². The molecule has 1 amide bonds. The molecule has 2 aromatic heterocycles. The van der Waals surface area contributed by atoms with Gasteiger partial charge in [0, 0.05) is 45.7 Å². The van der Waals surface area contributed by atoms with Gasteiger partial charge in [-0.2, -0.15) is 0 Å². The lowest BCUT2D eigenvalue weighted by atomic mass is 10.0. The number of carbonyl (C=O) groups excluding carboxylic acids is 1. The van der Waals surface area contributed by atoms with E-state index in [0.717, 1.165) is 51.9 Å². The fourth-order valence-electron chi connectivity index (χ4n) is 3.07. The third kappa shape index (κ3) is 5.34. The Balaban J connectivity index is 1.73. The average molecular weight is 410 g/mol. The maximum atomic E-state index is 12.1. The Morgan fingerprint density at radius 2 is 1.97 bits per heavy atom. The van der Waals surface area contributed by atoms with Gasteiger partial charge in [-0.1, -0.05) is 12.1 Å². The largest absolute Gasteiger partial charge is 0.399 e. The van der Waals surface area contributed by atoms with Gasteiger partial charge in [0.15, 0.2) is 0 Å². The smallest absolute Gasteiger partial charge is 0.244 e. The molecule has 6 nitrogen and oxygen atoms in total. The molecular formula is C22H27N5OS. The van der Waals surface area contributed by atoms with Crippen LogP contribution >= 0.6 is 11.3 Å². The molecule has 5 N–H and O–H groups in total. The number of unbranched alkanes of at least 4 members (excludes halogenated alkanes) is 1. The maximum Gasteiger partial charge on any atom is 0.244 e. The van der Waals surface area contributed by atoms with Crippen molar-refractivity contribution in [2.45, 2.75) is 12.8 Å². The molecule has 29 heavy (non-hydrogen) atoms. The summed E-state index contributed by atoms with van der Waals surface area (Å²) in [5.41, 5.74) is 15.6. The van der Waals surface area contributed by atoms with Crippen molar-refractivity contribution in [2.75, 3.05) is 38.7 Å². The van der Waals surface area contributed by atoms with Crippen LogP contribution in [-0.2, 0) is 4.79 Å². The highest BCUT2D eigenvalue weighted by atomic mass is 32.1. The van der Waals surface area contributed by atoms with Crippen LogP contribution in [0.5, 0.6) is 0 Å². The van der Waals surface area contributed by atoms with Crippen LogP contribution in [0.2, 0.25) is 0 Å². The Morgan fingerprint density at radius 1 is 1.21 bits per heavy atom. The normalized spacial score (nSPS) is 11.6. The van der Waals surface area contributed by atoms with Gasteiger partial charge < -0.3 is 21.7 Å². The molecule has 7 heteroatoms. The van der Waals surface area contributed by atoms with Gasteiger partial charge in [-0.05, 0) is 62.6 Å². The van der Waals surface area contributed by atoms with Crippen molar-refractivity contribution in [1.29, 1.82) is 0 Å². The van der Waals surface area contributed by atoms with Gasteiger partial charge in [-0.25, -0.2) is 4.98 Å². The first kappa shape index (κ1) is 20.8. The number of hydrogen-bond acceptors (Lipinski definition) is 6. The Bertz CT molecular complexity index is 1010. The molecule has 0 spiro atoms. The maximum absolute atomic E-state index is 12.1. The third-order valence-electron chi connectivity index (χ3n) is 4.62. The molecule has 0 bridgehead atoms. The highest BCUT2D eigenvalue weighted by Crippen LogP contribution is 2.38. The first-order valence-electron chi connectivity index (χ1n) is 9.58. The fourth-order valence-corrected chi connectivity index (χ4v) is 4.15. The molecule has 0 fully saturated rings. The highest BCUT2D eigenvalue weighted by molar-refractivity contribution is 7.18. The van der Waals surface area contributed by atoms with E-state index in [-0.39, 0.29) is 5.91 Å². The number of nitrogen functional groups attached to an aromatic ring is 2. The summed E-state index contributed by atoms with van der Waals surface area (Å²) in [4.78, 5) is 18.6. The number of amides is 1. The molecule has 3 aromatic rings. The van der Waals surface area contributed by atoms with Gasteiger partial charge in [0.2, 0.25) is 5.91 Å². The van der Waals surface area contributed by atoms with Crippen LogP contribution in [0.4, 0.5) is 11.5 Å². The minimum Gasteiger partial charge on any atom is -0.399 e. The zero-order valence-electron chi connectivity index (χ0n) is 16.8. The molecular weight excluding hydrogens is 382 g/mol. The number of nitrogens with zero attached hydrogens (tertiary/aromatic N) is 2. The van der Waals surface area contributed by atoms with Crippen LogP contribution < -0.4 is 16.8 Å². The first-order valence-corrected chi connectivity index (χ1v) is 10.5. The fraction of sp³-hybridized carbons (Fsp3) is 0.273. The summed E-state index contributed by atoms with van der Waals surface area (Å²) in [6, 6.07) is 7.69. The lowest BCUT2D eigenvalue weighted by Crippen LogP contribution is -2.23. The summed E-state index contributed by atoms with van der Waals surface area (Å²) in [6.07, 6.45) is 7.08. The van der Waals surface area contributed by atoms with Crippen molar-refractivity contribution >= 4 is 44.9 Å². The van der Waals surface area contributed by atoms with Gasteiger partial charge >= 0.3 is 0 Å². The Labute approximate surface area is 175 Å². The van der Waals surface area contributed by atoms with Crippen molar-refractivity contribution in [1.82, 2.24) is 15.2 Å². The predicted octanol–water partition coefficient (Wildman–Crippen LogP) is 3.60. The van der Waals surface area contributed by atoms with Gasteiger partial charge in [-0.3, -0.25) is 4.79 Å². The zero-order chi connectivity index (χ0) is 20.8. The second-order valence-corrected chi connectivity index (χ2v) is 8.09. The van der Waals surface area contributed by atoms with Gasteiger partial charge in [0.05, 0.1) is 0 Å². The van der Waals surface area contributed by atoms with E-state index in [0.29, 0.717) is 12.4 Å². The number of thiophene rings is 1. The standard InChI is InChI=1S/C22H27N5OS/c1-27(2)12-4-3-11-25-19(28)10-7-16-13-26-22(24)20-18(14-29-21(16)20)15-5-8-17(23)9-6-15/h5-10,13-14H,3-4,11-12,23H2,1-2H3,(H2,24,26)(H,25,28)/b10-7+. The second-order valence-electron chi connectivity index (χ2n) is 7.21. The van der Waals surface area contributed by atoms with Crippen LogP contribution in [-0.4, -0.2) is 43.0 Å². The summed E-state index contributed by atoms with van der Waals surface area (Å²) in [5, 5.41) is 5.90. The molecule has 0 radical (unpaired) electrons. The quantitative estimate of drug-likeness (QED) is 0.300. The van der Waals surface area contributed by atoms with Crippen molar-refractivity contribution in [3.05, 3.63) is 47.5 Å². The number of nitrogens with two attached hydrogens (primary N) is 2. The van der Waals surface area contributed by atoms with E-state index < -0.39 is 0 Å². The number of hydrogen-bond donors (Lipinski definition) is 3. The summed E-state index contributed by atoms with van der Waals surface area (Å²) in [5.74, 6) is 0.380. The SMILES string of the molecule is CN(C)CCCCNC(=O)/C=C/c1cnc(N)c2c(-c3ccc(N)cc3)csc12. The van der Waals surface area contributed by atoms with Crippen molar-refractivity contribution in [3.8, 4) is 11.1 Å². The molecule has 152 valence electrons. The van der Waals surface area contributed by atoms with Crippen molar-refractivity contribution in [2.24, 2.45) is 0 Å². The number of benzene rings is 1. The minimum atomic E-state index is -0.102. The molecule has 0 atom stereocenters. The van der Waals surface area contributed by atoms with Gasteiger partial charge in [0.1, 0.15) is 5.82 Å². The third-order valence-corrected chi connectivity index (χ3v) is 5.65. The predicted molar refractivity (Wildman–Crippen MR) is 124 cm³/mol. The monoisotopic (exact) mass is 409 g/mol. The summed E-state index contributed by atoms with van der Waals surface area (Å²) < 4.78 is 1.01. The molecule has 0 aliphatic heterocycles. The van der Waals surface area contributed by atoms with Crippen molar-refractivity contribution < 1.29 is 4.79 Å². The average Bonchev–Trinajstić information content (AvgIpc) is 3.14. The van der Waals surface area contributed by atoms with E-state index >= 15 is 0 Å². The van der Waals surface area contributed by atoms with E-state index in [1.54, 1.807) is 29.7 Å². The molecule has 1 aromatic carbocycles. The summed E-state index contributed by atoms with van der Waals surface area (Å²) in [7, 11) is 4.10. The minimum absolute atomic E-state index is 0.102. The molecule has 2 heterocycles. The number of carbonyl (C=O) groups is 1. The molecule has 0 aliphatic carbocycles. The summed E-state index contributed by atoms with van der Waals surface area (Å²) >= 11 is 1.59. The molecule has 0 aliphatic rings. The van der Waals surface area contributed by atoms with Crippen molar-refractivity contribution in [3.63, 3.8) is 0 Å². The lowest BCUT2D eigenvalue weighted by molar-refractivity contribution is -0.116. The Morgan fingerprint density at radius 3 is 2.69 bits per heavy atom. The molecule has 3 rings (SSSR count).